The molecular formula is C18H27N7. The summed E-state index contributed by atoms with van der Waals surface area (Å²) in [6.07, 6.45) is 15.3. The zero-order chi connectivity index (χ0) is 17.4. The highest BCUT2D eigenvalue weighted by molar-refractivity contribution is 5.77. The van der Waals surface area contributed by atoms with Crippen LogP contribution in [0.25, 0.3) is 5.70 Å². The summed E-state index contributed by atoms with van der Waals surface area (Å²) >= 11 is 0. The molecule has 7 nitrogen and oxygen atoms in total. The summed E-state index contributed by atoms with van der Waals surface area (Å²) in [5.41, 5.74) is 7.69. The van der Waals surface area contributed by atoms with E-state index in [1.165, 1.54) is 37.1 Å². The van der Waals surface area contributed by atoms with Crippen molar-refractivity contribution in [1.29, 1.82) is 0 Å². The van der Waals surface area contributed by atoms with Crippen LogP contribution in [0, 0.1) is 5.92 Å². The maximum Gasteiger partial charge on any atom is 0.117 e. The Morgan fingerprint density at radius 1 is 1.32 bits per heavy atom. The Balaban J connectivity index is 1.68. The molecule has 0 radical (unpaired) electrons. The molecule has 0 amide bonds. The van der Waals surface area contributed by atoms with Gasteiger partial charge >= 0.3 is 0 Å². The zero-order valence-corrected chi connectivity index (χ0v) is 15.0. The van der Waals surface area contributed by atoms with Crippen LogP contribution in [0.2, 0.25) is 0 Å². The molecule has 25 heavy (non-hydrogen) atoms. The molecule has 1 aliphatic carbocycles. The van der Waals surface area contributed by atoms with Gasteiger partial charge in [-0.2, -0.15) is 5.10 Å². The molecule has 134 valence electrons. The Hall–Kier alpha value is -2.28. The number of nitrogens with one attached hydrogen (secondary N) is 1. The number of rotatable bonds is 4. The van der Waals surface area contributed by atoms with Crippen LogP contribution in [0.3, 0.4) is 0 Å². The fourth-order valence-electron chi connectivity index (χ4n) is 4.29. The lowest BCUT2D eigenvalue weighted by atomic mass is 9.82. The van der Waals surface area contributed by atoms with Crippen molar-refractivity contribution in [2.24, 2.45) is 23.8 Å². The number of nitrogens with zero attached hydrogens (tertiary/aromatic N) is 5. The Morgan fingerprint density at radius 2 is 2.12 bits per heavy atom. The van der Waals surface area contributed by atoms with Crippen molar-refractivity contribution in [3.05, 3.63) is 35.6 Å². The van der Waals surface area contributed by atoms with E-state index in [1.807, 2.05) is 30.3 Å². The van der Waals surface area contributed by atoms with Gasteiger partial charge in [0.15, 0.2) is 0 Å². The minimum Gasteiger partial charge on any atom is -0.295 e. The smallest absolute Gasteiger partial charge is 0.117 e. The molecule has 2 aliphatic heterocycles. The monoisotopic (exact) mass is 341 g/mol. The summed E-state index contributed by atoms with van der Waals surface area (Å²) in [5.74, 6) is 6.68. The minimum absolute atomic E-state index is 0.442. The largest absolute Gasteiger partial charge is 0.295 e. The first kappa shape index (κ1) is 16.2. The number of hydrogen-bond donors (Lipinski definition) is 2. The third-order valence-electron chi connectivity index (χ3n) is 5.50. The van der Waals surface area contributed by atoms with Gasteiger partial charge < -0.3 is 0 Å². The number of hydrazine groups is 2. The number of aryl methyl sites for hydroxylation is 1. The van der Waals surface area contributed by atoms with Crippen molar-refractivity contribution in [2.45, 2.75) is 51.5 Å². The normalized spacial score (nSPS) is 22.1. The number of fused-ring (bicyclic) bond motifs is 1. The highest BCUT2D eigenvalue weighted by atomic mass is 15.6. The Kier molecular flexibility index (Phi) is 4.25. The van der Waals surface area contributed by atoms with E-state index in [4.69, 9.17) is 5.84 Å². The summed E-state index contributed by atoms with van der Waals surface area (Å²) < 4.78 is 1.82. The van der Waals surface area contributed by atoms with Gasteiger partial charge in [0.05, 0.1) is 17.9 Å². The molecule has 0 aromatic carbocycles. The Bertz CT molecular complexity index is 724. The van der Waals surface area contributed by atoms with Gasteiger partial charge in [0, 0.05) is 25.0 Å². The molecule has 0 bridgehead atoms. The minimum atomic E-state index is 0.442. The van der Waals surface area contributed by atoms with Gasteiger partial charge in [-0.05, 0) is 25.2 Å². The van der Waals surface area contributed by atoms with Crippen LogP contribution in [-0.4, -0.2) is 32.2 Å². The number of nitrogens with two attached hydrogens (primary N) is 1. The van der Waals surface area contributed by atoms with E-state index in [9.17, 15) is 0 Å². The average Bonchev–Trinajstić information content (AvgIpc) is 3.20. The van der Waals surface area contributed by atoms with E-state index in [2.05, 4.69) is 27.4 Å². The van der Waals surface area contributed by atoms with Gasteiger partial charge in [-0.25, -0.2) is 10.8 Å². The lowest BCUT2D eigenvalue weighted by Crippen LogP contribution is -2.45. The van der Waals surface area contributed by atoms with Gasteiger partial charge in [0.25, 0.3) is 0 Å². The zero-order valence-electron chi connectivity index (χ0n) is 15.0. The van der Waals surface area contributed by atoms with Crippen LogP contribution in [0.5, 0.6) is 0 Å². The standard InChI is InChI=1S/C18H27N7/c1-3-15(13-7-5-4-6-8-13)25-16-11-24(19)12-20-18(16)17(22-25)14-9-21-23(2)10-14/h9-13,15,22H,3-8,19H2,1-2H3. The molecule has 0 saturated heterocycles. The molecule has 3 heterocycles. The molecule has 1 unspecified atom stereocenters. The predicted octanol–water partition coefficient (Wildman–Crippen LogP) is 2.33. The molecule has 7 heteroatoms. The Morgan fingerprint density at radius 3 is 2.80 bits per heavy atom. The van der Waals surface area contributed by atoms with E-state index in [0.717, 1.165) is 29.1 Å². The van der Waals surface area contributed by atoms with Crippen LogP contribution in [0.1, 0.15) is 51.0 Å². The van der Waals surface area contributed by atoms with E-state index < -0.39 is 0 Å². The molecule has 1 atom stereocenters. The number of aromatic nitrogens is 2. The molecule has 0 spiro atoms. The van der Waals surface area contributed by atoms with Crippen molar-refractivity contribution in [2.75, 3.05) is 0 Å². The SMILES string of the molecule is CCC(C1CCCCC1)N1NC(c2cnn(C)c2)=C2N=CN(N)C=C21. The first-order valence-corrected chi connectivity index (χ1v) is 9.26. The van der Waals surface area contributed by atoms with E-state index in [-0.39, 0.29) is 0 Å². The van der Waals surface area contributed by atoms with E-state index in [0.29, 0.717) is 12.0 Å². The maximum atomic E-state index is 5.98. The molecule has 1 saturated carbocycles. The molecular weight excluding hydrogens is 314 g/mol. The van der Waals surface area contributed by atoms with Gasteiger partial charge in [0.2, 0.25) is 0 Å². The number of hydrogen-bond acceptors (Lipinski definition) is 6. The van der Waals surface area contributed by atoms with E-state index >= 15 is 0 Å². The van der Waals surface area contributed by atoms with Crippen LogP contribution in [0.15, 0.2) is 35.0 Å². The highest BCUT2D eigenvalue weighted by Crippen LogP contribution is 2.39. The predicted molar refractivity (Wildman–Crippen MR) is 98.4 cm³/mol. The van der Waals surface area contributed by atoms with E-state index in [1.54, 1.807) is 6.34 Å². The molecule has 4 rings (SSSR count). The second-order valence-corrected chi connectivity index (χ2v) is 7.19. The summed E-state index contributed by atoms with van der Waals surface area (Å²) in [6, 6.07) is 0.442. The fraction of sp³-hybridized carbons (Fsp3) is 0.556. The third-order valence-corrected chi connectivity index (χ3v) is 5.50. The molecule has 3 N–H and O–H groups in total. The quantitative estimate of drug-likeness (QED) is 0.822. The molecule has 1 aromatic heterocycles. The van der Waals surface area contributed by atoms with Crippen molar-refractivity contribution >= 4 is 12.0 Å². The first-order chi connectivity index (χ1) is 12.2. The fourth-order valence-corrected chi connectivity index (χ4v) is 4.29. The third kappa shape index (κ3) is 2.93. The molecule has 3 aliphatic rings. The lowest BCUT2D eigenvalue weighted by Gasteiger charge is -2.38. The van der Waals surface area contributed by atoms with Crippen LogP contribution < -0.4 is 11.3 Å². The van der Waals surface area contributed by atoms with Gasteiger partial charge in [-0.15, -0.1) is 0 Å². The lowest BCUT2D eigenvalue weighted by molar-refractivity contribution is 0.128. The highest BCUT2D eigenvalue weighted by Gasteiger charge is 2.37. The Labute approximate surface area is 148 Å². The van der Waals surface area contributed by atoms with Crippen LogP contribution >= 0.6 is 0 Å². The summed E-state index contributed by atoms with van der Waals surface area (Å²) in [5, 5.41) is 8.14. The van der Waals surface area contributed by atoms with Gasteiger partial charge in [0.1, 0.15) is 17.7 Å². The summed E-state index contributed by atoms with van der Waals surface area (Å²) in [4.78, 5) is 4.60. The second kappa shape index (κ2) is 6.55. The topological polar surface area (TPSA) is 74.7 Å². The maximum absolute atomic E-state index is 5.98. The van der Waals surface area contributed by atoms with Crippen molar-refractivity contribution in [3.8, 4) is 0 Å². The first-order valence-electron chi connectivity index (χ1n) is 9.26. The van der Waals surface area contributed by atoms with Gasteiger partial charge in [-0.1, -0.05) is 26.2 Å². The van der Waals surface area contributed by atoms with Crippen LogP contribution in [-0.2, 0) is 7.05 Å². The number of aliphatic imine (C=N–C) groups is 1. The van der Waals surface area contributed by atoms with Crippen molar-refractivity contribution < 1.29 is 0 Å². The second-order valence-electron chi connectivity index (χ2n) is 7.19. The van der Waals surface area contributed by atoms with Crippen LogP contribution in [0.4, 0.5) is 0 Å². The molecule has 1 aromatic rings. The van der Waals surface area contributed by atoms with Crippen molar-refractivity contribution in [1.82, 2.24) is 25.2 Å². The average molecular weight is 341 g/mol. The summed E-state index contributed by atoms with van der Waals surface area (Å²) in [7, 11) is 1.93. The molecule has 1 fully saturated rings. The van der Waals surface area contributed by atoms with Crippen molar-refractivity contribution in [3.63, 3.8) is 0 Å². The summed E-state index contributed by atoms with van der Waals surface area (Å²) in [6.45, 7) is 2.27. The van der Waals surface area contributed by atoms with Gasteiger partial charge in [-0.3, -0.25) is 20.1 Å².